The van der Waals surface area contributed by atoms with Gasteiger partial charge in [-0.05, 0) is 18.6 Å². The summed E-state index contributed by atoms with van der Waals surface area (Å²) in [6.07, 6.45) is 2.25. The van der Waals surface area contributed by atoms with Crippen LogP contribution in [-0.2, 0) is 6.42 Å². The van der Waals surface area contributed by atoms with Crippen molar-refractivity contribution in [2.45, 2.75) is 19.8 Å². The SMILES string of the molecule is CCCc1cc2cccc(Cl)c2[nH]1. The Morgan fingerprint density at radius 3 is 2.92 bits per heavy atom. The van der Waals surface area contributed by atoms with E-state index in [9.17, 15) is 0 Å². The number of fused-ring (bicyclic) bond motifs is 1. The summed E-state index contributed by atoms with van der Waals surface area (Å²) in [7, 11) is 0. The Kier molecular flexibility index (Phi) is 2.28. The number of hydrogen-bond donors (Lipinski definition) is 1. The first kappa shape index (κ1) is 8.64. The molecule has 1 N–H and O–H groups in total. The second-order valence-corrected chi connectivity index (χ2v) is 3.66. The first-order valence-electron chi connectivity index (χ1n) is 4.57. The lowest BCUT2D eigenvalue weighted by Gasteiger charge is -1.92. The summed E-state index contributed by atoms with van der Waals surface area (Å²) < 4.78 is 0. The minimum atomic E-state index is 0.805. The Hall–Kier alpha value is -0.950. The van der Waals surface area contributed by atoms with E-state index in [2.05, 4.69) is 24.0 Å². The number of nitrogens with one attached hydrogen (secondary N) is 1. The number of aryl methyl sites for hydroxylation is 1. The molecule has 1 nitrogen and oxygen atoms in total. The van der Waals surface area contributed by atoms with Crippen molar-refractivity contribution in [1.29, 1.82) is 0 Å². The Morgan fingerprint density at radius 2 is 2.23 bits per heavy atom. The van der Waals surface area contributed by atoms with Crippen molar-refractivity contribution < 1.29 is 0 Å². The van der Waals surface area contributed by atoms with Crippen LogP contribution in [-0.4, -0.2) is 4.98 Å². The summed E-state index contributed by atoms with van der Waals surface area (Å²) >= 11 is 6.04. The van der Waals surface area contributed by atoms with Crippen molar-refractivity contribution in [3.63, 3.8) is 0 Å². The van der Waals surface area contributed by atoms with Gasteiger partial charge in [-0.15, -0.1) is 0 Å². The molecule has 0 fully saturated rings. The third kappa shape index (κ3) is 1.56. The highest BCUT2D eigenvalue weighted by molar-refractivity contribution is 6.35. The molecule has 0 amide bonds. The Labute approximate surface area is 82.7 Å². The van der Waals surface area contributed by atoms with Crippen LogP contribution in [0.4, 0.5) is 0 Å². The predicted octanol–water partition coefficient (Wildman–Crippen LogP) is 3.77. The molecule has 0 aliphatic rings. The van der Waals surface area contributed by atoms with Gasteiger partial charge in [0.05, 0.1) is 10.5 Å². The summed E-state index contributed by atoms with van der Waals surface area (Å²) in [5.74, 6) is 0. The second kappa shape index (κ2) is 3.43. The van der Waals surface area contributed by atoms with Crippen LogP contribution in [0.5, 0.6) is 0 Å². The summed E-state index contributed by atoms with van der Waals surface area (Å²) in [5, 5.41) is 2.01. The van der Waals surface area contributed by atoms with Gasteiger partial charge in [-0.1, -0.05) is 37.1 Å². The van der Waals surface area contributed by atoms with Gasteiger partial charge in [-0.2, -0.15) is 0 Å². The smallest absolute Gasteiger partial charge is 0.0647 e. The first-order chi connectivity index (χ1) is 6.31. The molecule has 0 saturated carbocycles. The minimum absolute atomic E-state index is 0.805. The van der Waals surface area contributed by atoms with Crippen LogP contribution < -0.4 is 0 Å². The van der Waals surface area contributed by atoms with Gasteiger partial charge in [0.2, 0.25) is 0 Å². The van der Waals surface area contributed by atoms with Crippen LogP contribution in [0, 0.1) is 0 Å². The molecule has 0 bridgehead atoms. The third-order valence-corrected chi connectivity index (χ3v) is 2.50. The predicted molar refractivity (Wildman–Crippen MR) is 57.3 cm³/mol. The standard InChI is InChI=1S/C11H12ClN/c1-2-4-9-7-8-5-3-6-10(12)11(8)13-9/h3,5-7,13H,2,4H2,1H3. The zero-order chi connectivity index (χ0) is 9.26. The number of halogens is 1. The van der Waals surface area contributed by atoms with Crippen molar-refractivity contribution in [3.8, 4) is 0 Å². The molecule has 0 aliphatic carbocycles. The molecule has 0 aliphatic heterocycles. The Balaban J connectivity index is 2.55. The monoisotopic (exact) mass is 193 g/mol. The number of aromatic amines is 1. The maximum Gasteiger partial charge on any atom is 0.0647 e. The molecule has 0 spiro atoms. The molecule has 68 valence electrons. The van der Waals surface area contributed by atoms with Gasteiger partial charge in [0.25, 0.3) is 0 Å². The highest BCUT2D eigenvalue weighted by Gasteiger charge is 2.02. The van der Waals surface area contributed by atoms with E-state index in [1.165, 1.54) is 11.1 Å². The van der Waals surface area contributed by atoms with Crippen molar-refractivity contribution in [2.24, 2.45) is 0 Å². The normalized spacial score (nSPS) is 10.9. The number of para-hydroxylation sites is 1. The Bertz CT molecular complexity index is 417. The molecule has 0 atom stereocenters. The van der Waals surface area contributed by atoms with E-state index in [0.717, 1.165) is 23.4 Å². The molecule has 1 aromatic heterocycles. The topological polar surface area (TPSA) is 15.8 Å². The number of aromatic nitrogens is 1. The number of H-pyrrole nitrogens is 1. The lowest BCUT2D eigenvalue weighted by molar-refractivity contribution is 0.896. The zero-order valence-electron chi connectivity index (χ0n) is 7.60. The third-order valence-electron chi connectivity index (χ3n) is 2.18. The van der Waals surface area contributed by atoms with Gasteiger partial charge >= 0.3 is 0 Å². The van der Waals surface area contributed by atoms with Crippen molar-refractivity contribution in [1.82, 2.24) is 4.98 Å². The first-order valence-corrected chi connectivity index (χ1v) is 4.95. The number of rotatable bonds is 2. The molecule has 2 rings (SSSR count). The van der Waals surface area contributed by atoms with Crippen LogP contribution in [0.3, 0.4) is 0 Å². The van der Waals surface area contributed by atoms with Gasteiger partial charge in [-0.25, -0.2) is 0 Å². The van der Waals surface area contributed by atoms with E-state index in [-0.39, 0.29) is 0 Å². The van der Waals surface area contributed by atoms with Gasteiger partial charge in [0, 0.05) is 11.1 Å². The molecular formula is C11H12ClN. The molecule has 0 radical (unpaired) electrons. The average molecular weight is 194 g/mol. The zero-order valence-corrected chi connectivity index (χ0v) is 8.36. The lowest BCUT2D eigenvalue weighted by Crippen LogP contribution is -1.80. The van der Waals surface area contributed by atoms with Gasteiger partial charge in [0.15, 0.2) is 0 Å². The highest BCUT2D eigenvalue weighted by atomic mass is 35.5. The van der Waals surface area contributed by atoms with E-state index in [1.807, 2.05) is 12.1 Å². The fraction of sp³-hybridized carbons (Fsp3) is 0.273. The van der Waals surface area contributed by atoms with Crippen LogP contribution >= 0.6 is 11.6 Å². The fourth-order valence-electron chi connectivity index (χ4n) is 1.58. The van der Waals surface area contributed by atoms with Crippen molar-refractivity contribution in [3.05, 3.63) is 35.0 Å². The van der Waals surface area contributed by atoms with Gasteiger partial charge in [-0.3, -0.25) is 0 Å². The highest BCUT2D eigenvalue weighted by Crippen LogP contribution is 2.23. The van der Waals surface area contributed by atoms with E-state index in [0.29, 0.717) is 0 Å². The molecule has 0 saturated heterocycles. The molecule has 13 heavy (non-hydrogen) atoms. The van der Waals surface area contributed by atoms with Crippen molar-refractivity contribution in [2.75, 3.05) is 0 Å². The molecule has 0 unspecified atom stereocenters. The lowest BCUT2D eigenvalue weighted by atomic mass is 10.2. The van der Waals surface area contributed by atoms with Crippen molar-refractivity contribution >= 4 is 22.5 Å². The molecule has 1 aromatic carbocycles. The number of hydrogen-bond acceptors (Lipinski definition) is 0. The summed E-state index contributed by atoms with van der Waals surface area (Å²) in [6, 6.07) is 8.14. The second-order valence-electron chi connectivity index (χ2n) is 3.25. The van der Waals surface area contributed by atoms with Crippen LogP contribution in [0.1, 0.15) is 19.0 Å². The molecule has 2 aromatic rings. The molecule has 2 heteroatoms. The van der Waals surface area contributed by atoms with Crippen LogP contribution in [0.25, 0.3) is 10.9 Å². The fourth-order valence-corrected chi connectivity index (χ4v) is 1.81. The van der Waals surface area contributed by atoms with E-state index in [4.69, 9.17) is 11.6 Å². The largest absolute Gasteiger partial charge is 0.357 e. The van der Waals surface area contributed by atoms with Gasteiger partial charge < -0.3 is 4.98 Å². The minimum Gasteiger partial charge on any atom is -0.357 e. The summed E-state index contributed by atoms with van der Waals surface area (Å²) in [6.45, 7) is 2.17. The van der Waals surface area contributed by atoms with Crippen LogP contribution in [0.15, 0.2) is 24.3 Å². The molecule has 1 heterocycles. The molecular weight excluding hydrogens is 182 g/mol. The average Bonchev–Trinajstić information content (AvgIpc) is 2.49. The quantitative estimate of drug-likeness (QED) is 0.748. The van der Waals surface area contributed by atoms with Gasteiger partial charge in [0.1, 0.15) is 0 Å². The van der Waals surface area contributed by atoms with E-state index < -0.39 is 0 Å². The van der Waals surface area contributed by atoms with E-state index >= 15 is 0 Å². The summed E-state index contributed by atoms with van der Waals surface area (Å²) in [4.78, 5) is 3.33. The maximum atomic E-state index is 6.04. The van der Waals surface area contributed by atoms with Crippen LogP contribution in [0.2, 0.25) is 5.02 Å². The maximum absolute atomic E-state index is 6.04. The summed E-state index contributed by atoms with van der Waals surface area (Å²) in [5.41, 5.74) is 2.33. The Morgan fingerprint density at radius 1 is 1.38 bits per heavy atom. The van der Waals surface area contributed by atoms with E-state index in [1.54, 1.807) is 0 Å². The number of benzene rings is 1.